The van der Waals surface area contributed by atoms with Crippen LogP contribution in [-0.4, -0.2) is 10.9 Å². The molecule has 0 unspecified atom stereocenters. The largest absolute Gasteiger partial charge is 0.366 e. The fourth-order valence-electron chi connectivity index (χ4n) is 3.60. The maximum atomic E-state index is 13.7. The summed E-state index contributed by atoms with van der Waals surface area (Å²) in [6, 6.07) is 30.2. The Labute approximate surface area is 187 Å². The van der Waals surface area contributed by atoms with Crippen LogP contribution >= 0.6 is 0 Å². The Morgan fingerprint density at radius 1 is 0.812 bits per heavy atom. The molecule has 1 aromatic heterocycles. The molecule has 0 aliphatic rings. The van der Waals surface area contributed by atoms with E-state index in [0.717, 1.165) is 11.1 Å². The number of halogens is 1. The molecule has 32 heavy (non-hydrogen) atoms. The maximum Gasteiger partial charge on any atom is 0.225 e. The second-order valence-electron chi connectivity index (χ2n) is 7.50. The summed E-state index contributed by atoms with van der Waals surface area (Å²) in [5.74, 6) is 0.233. The summed E-state index contributed by atoms with van der Waals surface area (Å²) in [5.41, 5.74) is 3.38. The number of pyridine rings is 1. The van der Waals surface area contributed by atoms with Gasteiger partial charge in [0.2, 0.25) is 5.91 Å². The monoisotopic (exact) mass is 425 g/mol. The standard InChI is InChI=1S/C27H24FN3O/c28-25-14-8-7-13-22(25)18-29-26-16-15-23(19-30-26)31-27(32)17-24(20-9-3-1-4-10-20)21-11-5-2-6-12-21/h1-16,19,24H,17-18H2,(H,29,30)(H,31,32). The first-order valence-corrected chi connectivity index (χ1v) is 10.5. The van der Waals surface area contributed by atoms with Crippen molar-refractivity contribution in [2.45, 2.75) is 18.9 Å². The lowest BCUT2D eigenvalue weighted by molar-refractivity contribution is -0.116. The van der Waals surface area contributed by atoms with Crippen molar-refractivity contribution in [1.82, 2.24) is 4.98 Å². The van der Waals surface area contributed by atoms with Crippen molar-refractivity contribution in [3.8, 4) is 0 Å². The van der Waals surface area contributed by atoms with Gasteiger partial charge in [0.15, 0.2) is 0 Å². The molecule has 5 heteroatoms. The molecule has 160 valence electrons. The van der Waals surface area contributed by atoms with Gasteiger partial charge < -0.3 is 10.6 Å². The van der Waals surface area contributed by atoms with Crippen molar-refractivity contribution in [2.24, 2.45) is 0 Å². The lowest BCUT2D eigenvalue weighted by Crippen LogP contribution is -2.16. The van der Waals surface area contributed by atoms with Crippen molar-refractivity contribution in [2.75, 3.05) is 10.6 Å². The number of carbonyl (C=O) groups excluding carboxylic acids is 1. The van der Waals surface area contributed by atoms with Gasteiger partial charge in [0.25, 0.3) is 0 Å². The highest BCUT2D eigenvalue weighted by atomic mass is 19.1. The highest BCUT2D eigenvalue weighted by molar-refractivity contribution is 5.91. The van der Waals surface area contributed by atoms with Gasteiger partial charge in [-0.3, -0.25) is 4.79 Å². The van der Waals surface area contributed by atoms with E-state index in [1.54, 1.807) is 36.5 Å². The van der Waals surface area contributed by atoms with E-state index in [9.17, 15) is 9.18 Å². The first-order valence-electron chi connectivity index (χ1n) is 10.5. The van der Waals surface area contributed by atoms with Crippen LogP contribution in [0, 0.1) is 5.82 Å². The van der Waals surface area contributed by atoms with Crippen molar-refractivity contribution in [3.63, 3.8) is 0 Å². The number of carbonyl (C=O) groups is 1. The van der Waals surface area contributed by atoms with Crippen LogP contribution in [0.3, 0.4) is 0 Å². The molecule has 0 aliphatic carbocycles. The van der Waals surface area contributed by atoms with E-state index >= 15 is 0 Å². The van der Waals surface area contributed by atoms with Crippen molar-refractivity contribution in [3.05, 3.63) is 126 Å². The predicted octanol–water partition coefficient (Wildman–Crippen LogP) is 5.99. The minimum Gasteiger partial charge on any atom is -0.366 e. The van der Waals surface area contributed by atoms with Crippen molar-refractivity contribution >= 4 is 17.4 Å². The van der Waals surface area contributed by atoms with E-state index in [0.29, 0.717) is 30.0 Å². The summed E-state index contributed by atoms with van der Waals surface area (Å²) in [6.07, 6.45) is 1.92. The molecule has 0 saturated carbocycles. The molecule has 4 aromatic rings. The lowest BCUT2D eigenvalue weighted by Gasteiger charge is -2.18. The number of nitrogens with one attached hydrogen (secondary N) is 2. The molecular formula is C27H24FN3O. The van der Waals surface area contributed by atoms with Crippen molar-refractivity contribution in [1.29, 1.82) is 0 Å². The van der Waals surface area contributed by atoms with Crippen LogP contribution in [0.4, 0.5) is 15.9 Å². The summed E-state index contributed by atoms with van der Waals surface area (Å²) >= 11 is 0. The first-order chi connectivity index (χ1) is 15.7. The third-order valence-electron chi connectivity index (χ3n) is 5.26. The van der Waals surface area contributed by atoms with Crippen LogP contribution in [0.1, 0.15) is 29.0 Å². The molecule has 0 bridgehead atoms. The topological polar surface area (TPSA) is 54.0 Å². The van der Waals surface area contributed by atoms with Crippen LogP contribution in [0.2, 0.25) is 0 Å². The third-order valence-corrected chi connectivity index (χ3v) is 5.26. The van der Waals surface area contributed by atoms with E-state index < -0.39 is 0 Å². The Hall–Kier alpha value is -3.99. The van der Waals surface area contributed by atoms with Gasteiger partial charge >= 0.3 is 0 Å². The molecule has 0 saturated heterocycles. The van der Waals surface area contributed by atoms with Gasteiger partial charge in [0.05, 0.1) is 11.9 Å². The van der Waals surface area contributed by atoms with Crippen molar-refractivity contribution < 1.29 is 9.18 Å². The Kier molecular flexibility index (Phi) is 6.88. The van der Waals surface area contributed by atoms with E-state index in [-0.39, 0.29) is 17.6 Å². The number of benzene rings is 3. The number of anilines is 2. The second-order valence-corrected chi connectivity index (χ2v) is 7.50. The first kappa shape index (κ1) is 21.2. The Morgan fingerprint density at radius 3 is 2.03 bits per heavy atom. The van der Waals surface area contributed by atoms with Gasteiger partial charge in [-0.2, -0.15) is 0 Å². The van der Waals surface area contributed by atoms with Gasteiger partial charge in [-0.1, -0.05) is 78.9 Å². The molecule has 0 spiro atoms. The zero-order chi connectivity index (χ0) is 22.2. The van der Waals surface area contributed by atoms with Crippen LogP contribution in [0.15, 0.2) is 103 Å². The molecule has 0 radical (unpaired) electrons. The number of amides is 1. The molecule has 4 rings (SSSR count). The molecule has 0 atom stereocenters. The molecule has 0 aliphatic heterocycles. The zero-order valence-electron chi connectivity index (χ0n) is 17.5. The van der Waals surface area contributed by atoms with Gasteiger partial charge in [0, 0.05) is 24.4 Å². The molecule has 0 fully saturated rings. The van der Waals surface area contributed by atoms with Crippen LogP contribution in [-0.2, 0) is 11.3 Å². The number of hydrogen-bond acceptors (Lipinski definition) is 3. The highest BCUT2D eigenvalue weighted by Gasteiger charge is 2.18. The highest BCUT2D eigenvalue weighted by Crippen LogP contribution is 2.28. The minimum atomic E-state index is -0.254. The summed E-state index contributed by atoms with van der Waals surface area (Å²) in [5, 5.41) is 6.03. The summed E-state index contributed by atoms with van der Waals surface area (Å²) in [6.45, 7) is 0.335. The SMILES string of the molecule is O=C(CC(c1ccccc1)c1ccccc1)Nc1ccc(NCc2ccccc2F)nc1. The van der Waals surface area contributed by atoms with Crippen LogP contribution in [0.25, 0.3) is 0 Å². The summed E-state index contributed by atoms with van der Waals surface area (Å²) < 4.78 is 13.7. The van der Waals surface area contributed by atoms with E-state index in [1.807, 2.05) is 60.7 Å². The van der Waals surface area contributed by atoms with Crippen LogP contribution in [0.5, 0.6) is 0 Å². The van der Waals surface area contributed by atoms with E-state index in [2.05, 4.69) is 15.6 Å². The molecule has 2 N–H and O–H groups in total. The molecule has 4 nitrogen and oxygen atoms in total. The fraction of sp³-hybridized carbons (Fsp3) is 0.111. The molecular weight excluding hydrogens is 401 g/mol. The Morgan fingerprint density at radius 2 is 1.44 bits per heavy atom. The zero-order valence-corrected chi connectivity index (χ0v) is 17.5. The number of hydrogen-bond donors (Lipinski definition) is 2. The maximum absolute atomic E-state index is 13.7. The third kappa shape index (κ3) is 5.58. The van der Waals surface area contributed by atoms with E-state index in [4.69, 9.17) is 0 Å². The molecule has 1 heterocycles. The number of nitrogens with zero attached hydrogens (tertiary/aromatic N) is 1. The average molecular weight is 426 g/mol. The summed E-state index contributed by atoms with van der Waals surface area (Å²) in [4.78, 5) is 17.1. The lowest BCUT2D eigenvalue weighted by atomic mass is 9.88. The fourth-order valence-corrected chi connectivity index (χ4v) is 3.60. The average Bonchev–Trinajstić information content (AvgIpc) is 2.84. The quantitative estimate of drug-likeness (QED) is 0.364. The van der Waals surface area contributed by atoms with Crippen LogP contribution < -0.4 is 10.6 Å². The minimum absolute atomic E-state index is 0.0351. The van der Waals surface area contributed by atoms with Gasteiger partial charge in [-0.25, -0.2) is 9.37 Å². The number of aromatic nitrogens is 1. The predicted molar refractivity (Wildman–Crippen MR) is 126 cm³/mol. The summed E-state index contributed by atoms with van der Waals surface area (Å²) in [7, 11) is 0. The molecule has 3 aromatic carbocycles. The van der Waals surface area contributed by atoms with Gasteiger partial charge in [-0.15, -0.1) is 0 Å². The molecule has 1 amide bonds. The Bertz CT molecular complexity index is 1110. The number of rotatable bonds is 8. The van der Waals surface area contributed by atoms with E-state index in [1.165, 1.54) is 6.07 Å². The second kappa shape index (κ2) is 10.4. The van der Waals surface area contributed by atoms with Gasteiger partial charge in [0.1, 0.15) is 11.6 Å². The smallest absolute Gasteiger partial charge is 0.225 e. The Balaban J connectivity index is 1.39. The van der Waals surface area contributed by atoms with Gasteiger partial charge in [-0.05, 0) is 29.3 Å². The normalized spacial score (nSPS) is 10.7.